The number of amides is 1. The van der Waals surface area contributed by atoms with Gasteiger partial charge in [-0.2, -0.15) is 0 Å². The monoisotopic (exact) mass is 271 g/mol. The molecule has 1 aromatic heterocycles. The van der Waals surface area contributed by atoms with Crippen LogP contribution in [0.25, 0.3) is 11.0 Å². The van der Waals surface area contributed by atoms with E-state index in [-0.39, 0.29) is 12.3 Å². The van der Waals surface area contributed by atoms with E-state index in [2.05, 4.69) is 5.92 Å². The van der Waals surface area contributed by atoms with Crippen molar-refractivity contribution in [1.82, 2.24) is 4.90 Å². The number of terminal acetylenes is 1. The first-order valence-electron chi connectivity index (χ1n) is 5.97. The Kier molecular flexibility index (Phi) is 3.76. The van der Waals surface area contributed by atoms with Gasteiger partial charge in [0.15, 0.2) is 5.76 Å². The number of benzene rings is 1. The number of nitrogens with zero attached hydrogens (tertiary/aromatic N) is 1. The van der Waals surface area contributed by atoms with Crippen LogP contribution >= 0.6 is 0 Å². The number of hydrogen-bond acceptors (Lipinski definition) is 3. The lowest BCUT2D eigenvalue weighted by molar-refractivity contribution is -0.137. The SMILES string of the molecule is C#CCN(CC(=O)O)C(=O)c1oc2ccccc2c1C. The van der Waals surface area contributed by atoms with E-state index in [1.54, 1.807) is 19.1 Å². The molecular weight excluding hydrogens is 258 g/mol. The number of carboxylic acid groups (broad SMARTS) is 1. The fraction of sp³-hybridized carbons (Fsp3) is 0.200. The van der Waals surface area contributed by atoms with Crippen LogP contribution in [-0.2, 0) is 4.79 Å². The van der Waals surface area contributed by atoms with Gasteiger partial charge >= 0.3 is 5.97 Å². The lowest BCUT2D eigenvalue weighted by Gasteiger charge is -2.16. The number of aliphatic carboxylic acids is 1. The van der Waals surface area contributed by atoms with Gasteiger partial charge in [0.05, 0.1) is 6.54 Å². The van der Waals surface area contributed by atoms with Gasteiger partial charge in [-0.1, -0.05) is 24.1 Å². The summed E-state index contributed by atoms with van der Waals surface area (Å²) in [5.41, 5.74) is 1.27. The molecule has 0 fully saturated rings. The van der Waals surface area contributed by atoms with E-state index in [0.29, 0.717) is 11.1 Å². The Balaban J connectivity index is 2.41. The molecule has 0 aliphatic rings. The molecule has 1 heterocycles. The van der Waals surface area contributed by atoms with E-state index in [1.165, 1.54) is 0 Å². The minimum Gasteiger partial charge on any atom is -0.480 e. The first-order chi connectivity index (χ1) is 9.54. The first-order valence-corrected chi connectivity index (χ1v) is 5.97. The molecule has 0 unspecified atom stereocenters. The fourth-order valence-corrected chi connectivity index (χ4v) is 1.99. The molecule has 0 atom stereocenters. The summed E-state index contributed by atoms with van der Waals surface area (Å²) in [6.45, 7) is 1.22. The van der Waals surface area contributed by atoms with Crippen LogP contribution in [-0.4, -0.2) is 35.0 Å². The highest BCUT2D eigenvalue weighted by Crippen LogP contribution is 2.25. The van der Waals surface area contributed by atoms with Crippen molar-refractivity contribution in [2.45, 2.75) is 6.92 Å². The second kappa shape index (κ2) is 5.49. The Morgan fingerprint density at radius 1 is 1.40 bits per heavy atom. The lowest BCUT2D eigenvalue weighted by atomic mass is 10.1. The van der Waals surface area contributed by atoms with Gasteiger partial charge in [-0.25, -0.2) is 0 Å². The molecule has 102 valence electrons. The van der Waals surface area contributed by atoms with Crippen LogP contribution in [0.4, 0.5) is 0 Å². The van der Waals surface area contributed by atoms with Gasteiger partial charge in [-0.15, -0.1) is 6.42 Å². The number of furan rings is 1. The molecule has 1 N–H and O–H groups in total. The van der Waals surface area contributed by atoms with Crippen LogP contribution in [0.2, 0.25) is 0 Å². The largest absolute Gasteiger partial charge is 0.480 e. The molecule has 0 spiro atoms. The molecule has 2 aromatic rings. The Bertz CT molecular complexity index is 708. The summed E-state index contributed by atoms with van der Waals surface area (Å²) in [5, 5.41) is 9.65. The van der Waals surface area contributed by atoms with Gasteiger partial charge in [0.1, 0.15) is 12.1 Å². The summed E-state index contributed by atoms with van der Waals surface area (Å²) >= 11 is 0. The zero-order chi connectivity index (χ0) is 14.7. The highest BCUT2D eigenvalue weighted by Gasteiger charge is 2.24. The molecule has 0 saturated heterocycles. The zero-order valence-electron chi connectivity index (χ0n) is 10.9. The normalized spacial score (nSPS) is 10.2. The molecule has 0 saturated carbocycles. The van der Waals surface area contributed by atoms with Gasteiger partial charge in [0, 0.05) is 10.9 Å². The smallest absolute Gasteiger partial charge is 0.323 e. The van der Waals surface area contributed by atoms with E-state index in [9.17, 15) is 9.59 Å². The van der Waals surface area contributed by atoms with Crippen LogP contribution in [0.15, 0.2) is 28.7 Å². The summed E-state index contributed by atoms with van der Waals surface area (Å²) in [6.07, 6.45) is 5.17. The number of carbonyl (C=O) groups is 2. The molecule has 0 aliphatic heterocycles. The Morgan fingerprint density at radius 3 is 2.70 bits per heavy atom. The third-order valence-electron chi connectivity index (χ3n) is 2.93. The van der Waals surface area contributed by atoms with E-state index in [1.807, 2.05) is 12.1 Å². The molecule has 5 heteroatoms. The van der Waals surface area contributed by atoms with Crippen molar-refractivity contribution in [1.29, 1.82) is 0 Å². The maximum absolute atomic E-state index is 12.3. The third-order valence-corrected chi connectivity index (χ3v) is 2.93. The number of fused-ring (bicyclic) bond motifs is 1. The van der Waals surface area contributed by atoms with Crippen molar-refractivity contribution in [3.05, 3.63) is 35.6 Å². The highest BCUT2D eigenvalue weighted by atomic mass is 16.4. The zero-order valence-corrected chi connectivity index (χ0v) is 10.9. The number of hydrogen-bond donors (Lipinski definition) is 1. The predicted octanol–water partition coefficient (Wildman–Crippen LogP) is 1.90. The van der Waals surface area contributed by atoms with E-state index >= 15 is 0 Å². The average molecular weight is 271 g/mol. The minimum atomic E-state index is -1.12. The minimum absolute atomic E-state index is 0.0817. The first kappa shape index (κ1) is 13.7. The average Bonchev–Trinajstić information content (AvgIpc) is 2.75. The molecule has 2 rings (SSSR count). The fourth-order valence-electron chi connectivity index (χ4n) is 1.99. The molecule has 0 radical (unpaired) electrons. The number of carbonyl (C=O) groups excluding carboxylic acids is 1. The topological polar surface area (TPSA) is 70.8 Å². The molecule has 1 aromatic carbocycles. The summed E-state index contributed by atoms with van der Waals surface area (Å²) in [5.74, 6) is 0.767. The van der Waals surface area contributed by atoms with Crippen molar-refractivity contribution in [2.75, 3.05) is 13.1 Å². The molecular formula is C15H13NO4. The molecule has 5 nitrogen and oxygen atoms in total. The van der Waals surface area contributed by atoms with Gasteiger partial charge in [-0.05, 0) is 13.0 Å². The van der Waals surface area contributed by atoms with Crippen molar-refractivity contribution in [2.24, 2.45) is 0 Å². The second-order valence-corrected chi connectivity index (χ2v) is 4.31. The van der Waals surface area contributed by atoms with Gasteiger partial charge in [0.2, 0.25) is 0 Å². The van der Waals surface area contributed by atoms with Crippen molar-refractivity contribution in [3.63, 3.8) is 0 Å². The molecule has 1 amide bonds. The molecule has 0 bridgehead atoms. The standard InChI is InChI=1S/C15H13NO4/c1-3-8-16(9-13(17)18)15(19)14-10(2)11-6-4-5-7-12(11)20-14/h1,4-7H,8-9H2,2H3,(H,17,18). The van der Waals surface area contributed by atoms with Gasteiger partial charge in [-0.3, -0.25) is 9.59 Å². The number of carboxylic acids is 1. The van der Waals surface area contributed by atoms with Gasteiger partial charge < -0.3 is 14.4 Å². The van der Waals surface area contributed by atoms with Crippen molar-refractivity contribution in [3.8, 4) is 12.3 Å². The van der Waals surface area contributed by atoms with E-state index in [4.69, 9.17) is 15.9 Å². The highest BCUT2D eigenvalue weighted by molar-refractivity contribution is 6.00. The van der Waals surface area contributed by atoms with E-state index < -0.39 is 18.4 Å². The number of rotatable bonds is 4. The Morgan fingerprint density at radius 2 is 2.10 bits per heavy atom. The van der Waals surface area contributed by atoms with Gasteiger partial charge in [0.25, 0.3) is 5.91 Å². The summed E-state index contributed by atoms with van der Waals surface area (Å²) in [6, 6.07) is 7.24. The summed E-state index contributed by atoms with van der Waals surface area (Å²) < 4.78 is 5.52. The third kappa shape index (κ3) is 2.50. The summed E-state index contributed by atoms with van der Waals surface area (Å²) in [7, 11) is 0. The second-order valence-electron chi connectivity index (χ2n) is 4.31. The molecule has 20 heavy (non-hydrogen) atoms. The summed E-state index contributed by atoms with van der Waals surface area (Å²) in [4.78, 5) is 24.2. The Hall–Kier alpha value is -2.74. The lowest BCUT2D eigenvalue weighted by Crippen LogP contribution is -2.36. The van der Waals surface area contributed by atoms with Crippen molar-refractivity contribution < 1.29 is 19.1 Å². The van der Waals surface area contributed by atoms with Crippen LogP contribution in [0.1, 0.15) is 16.1 Å². The Labute approximate surface area is 115 Å². The quantitative estimate of drug-likeness (QED) is 0.862. The van der Waals surface area contributed by atoms with Crippen LogP contribution in [0, 0.1) is 19.3 Å². The maximum atomic E-state index is 12.3. The number of para-hydroxylation sites is 1. The molecule has 0 aliphatic carbocycles. The van der Waals surface area contributed by atoms with Crippen LogP contribution in [0.5, 0.6) is 0 Å². The van der Waals surface area contributed by atoms with Crippen LogP contribution < -0.4 is 0 Å². The van der Waals surface area contributed by atoms with Crippen LogP contribution in [0.3, 0.4) is 0 Å². The number of aryl methyl sites for hydroxylation is 1. The predicted molar refractivity (Wildman–Crippen MR) is 73.3 cm³/mol. The van der Waals surface area contributed by atoms with Crippen molar-refractivity contribution >= 4 is 22.8 Å². The van der Waals surface area contributed by atoms with E-state index in [0.717, 1.165) is 10.3 Å². The maximum Gasteiger partial charge on any atom is 0.323 e.